The van der Waals surface area contributed by atoms with E-state index in [0.717, 1.165) is 6.42 Å². The number of carbonyl (C=O) groups is 1. The third kappa shape index (κ3) is 5.68. The molecule has 4 nitrogen and oxygen atoms in total. The number of carbonyl (C=O) groups excluding carboxylic acids is 1. The van der Waals surface area contributed by atoms with Crippen LogP contribution in [-0.2, 0) is 4.79 Å². The van der Waals surface area contributed by atoms with Gasteiger partial charge in [-0.2, -0.15) is 0 Å². The fourth-order valence-electron chi connectivity index (χ4n) is 1.33. The van der Waals surface area contributed by atoms with Crippen LogP contribution in [-0.4, -0.2) is 18.6 Å². The molecule has 0 aliphatic carbocycles. The number of halogens is 2. The van der Waals surface area contributed by atoms with Gasteiger partial charge in [0.05, 0.1) is 17.7 Å². The largest absolute Gasteiger partial charge is 0.492 e. The summed E-state index contributed by atoms with van der Waals surface area (Å²) in [5.74, 6) is 0.409. The number of hydrogen-bond acceptors (Lipinski definition) is 3. The summed E-state index contributed by atoms with van der Waals surface area (Å²) < 4.78 is 5.45. The standard InChI is InChI=1S/C13H19ClN2O2.ClH/c1-3-7-18-12-6-5-9(8-10(12)14)16-13(17)11(15)4-2;/h5-6,8,11H,3-4,7,15H2,1-2H3,(H,16,17);1H/t11-;/m0./s1. The van der Waals surface area contributed by atoms with Crippen molar-refractivity contribution in [3.05, 3.63) is 23.2 Å². The molecule has 0 fully saturated rings. The first-order valence-corrected chi connectivity index (χ1v) is 6.45. The van der Waals surface area contributed by atoms with Crippen LogP contribution in [0.4, 0.5) is 5.69 Å². The van der Waals surface area contributed by atoms with Gasteiger partial charge in [0.1, 0.15) is 5.75 Å². The predicted octanol–water partition coefficient (Wildman–Crippen LogP) is 3.23. The van der Waals surface area contributed by atoms with Crippen LogP contribution in [0, 0.1) is 0 Å². The van der Waals surface area contributed by atoms with Crippen molar-refractivity contribution in [3.63, 3.8) is 0 Å². The molecule has 0 aliphatic heterocycles. The van der Waals surface area contributed by atoms with E-state index in [0.29, 0.717) is 29.5 Å². The Balaban J connectivity index is 0.00000324. The summed E-state index contributed by atoms with van der Waals surface area (Å²) in [5, 5.41) is 3.19. The van der Waals surface area contributed by atoms with Gasteiger partial charge < -0.3 is 15.8 Å². The van der Waals surface area contributed by atoms with Crippen molar-refractivity contribution >= 4 is 35.6 Å². The molecule has 6 heteroatoms. The summed E-state index contributed by atoms with van der Waals surface area (Å²) in [6.07, 6.45) is 1.51. The van der Waals surface area contributed by atoms with E-state index in [1.165, 1.54) is 0 Å². The molecule has 0 spiro atoms. The molecule has 1 atom stereocenters. The molecule has 0 radical (unpaired) electrons. The zero-order chi connectivity index (χ0) is 13.5. The van der Waals surface area contributed by atoms with Gasteiger partial charge in [0.15, 0.2) is 0 Å². The van der Waals surface area contributed by atoms with Crippen LogP contribution in [0.25, 0.3) is 0 Å². The van der Waals surface area contributed by atoms with E-state index < -0.39 is 6.04 Å². The third-order valence-electron chi connectivity index (χ3n) is 2.44. The summed E-state index contributed by atoms with van der Waals surface area (Å²) in [7, 11) is 0. The maximum atomic E-state index is 11.6. The van der Waals surface area contributed by atoms with E-state index in [2.05, 4.69) is 5.32 Å². The van der Waals surface area contributed by atoms with Gasteiger partial charge in [-0.05, 0) is 31.0 Å². The Labute approximate surface area is 125 Å². The SMILES string of the molecule is CCCOc1ccc(NC(=O)[C@@H](N)CC)cc1Cl.Cl. The fourth-order valence-corrected chi connectivity index (χ4v) is 1.56. The lowest BCUT2D eigenvalue weighted by Gasteiger charge is -2.12. The van der Waals surface area contributed by atoms with Gasteiger partial charge in [-0.15, -0.1) is 12.4 Å². The number of benzene rings is 1. The Morgan fingerprint density at radius 3 is 2.68 bits per heavy atom. The van der Waals surface area contributed by atoms with Crippen molar-refractivity contribution in [2.45, 2.75) is 32.7 Å². The van der Waals surface area contributed by atoms with Crippen molar-refractivity contribution in [1.82, 2.24) is 0 Å². The first kappa shape index (κ1) is 18.0. The topological polar surface area (TPSA) is 64.3 Å². The highest BCUT2D eigenvalue weighted by Gasteiger charge is 2.11. The highest BCUT2D eigenvalue weighted by molar-refractivity contribution is 6.32. The van der Waals surface area contributed by atoms with Crippen LogP contribution >= 0.6 is 24.0 Å². The Morgan fingerprint density at radius 2 is 2.16 bits per heavy atom. The van der Waals surface area contributed by atoms with Gasteiger partial charge in [-0.1, -0.05) is 25.4 Å². The normalized spacial score (nSPS) is 11.4. The van der Waals surface area contributed by atoms with Crippen molar-refractivity contribution in [2.24, 2.45) is 5.73 Å². The zero-order valence-corrected chi connectivity index (χ0v) is 12.7. The van der Waals surface area contributed by atoms with Crippen molar-refractivity contribution < 1.29 is 9.53 Å². The maximum absolute atomic E-state index is 11.6. The number of nitrogens with one attached hydrogen (secondary N) is 1. The van der Waals surface area contributed by atoms with Gasteiger partial charge in [0.25, 0.3) is 0 Å². The average molecular weight is 307 g/mol. The number of nitrogens with two attached hydrogens (primary N) is 1. The molecule has 108 valence electrons. The van der Waals surface area contributed by atoms with E-state index >= 15 is 0 Å². The average Bonchev–Trinajstić information content (AvgIpc) is 2.36. The number of hydrogen-bond donors (Lipinski definition) is 2. The highest BCUT2D eigenvalue weighted by Crippen LogP contribution is 2.27. The molecular weight excluding hydrogens is 287 g/mol. The lowest BCUT2D eigenvalue weighted by atomic mass is 10.2. The van der Waals surface area contributed by atoms with E-state index in [1.807, 2.05) is 13.8 Å². The van der Waals surface area contributed by atoms with Crippen LogP contribution < -0.4 is 15.8 Å². The molecule has 0 saturated carbocycles. The summed E-state index contributed by atoms with van der Waals surface area (Å²) in [4.78, 5) is 11.6. The second kappa shape index (κ2) is 9.02. The van der Waals surface area contributed by atoms with Gasteiger partial charge in [0.2, 0.25) is 5.91 Å². The van der Waals surface area contributed by atoms with Gasteiger partial charge in [-0.25, -0.2) is 0 Å². The number of rotatable bonds is 6. The summed E-state index contributed by atoms with van der Waals surface area (Å²) in [5.41, 5.74) is 6.25. The molecule has 0 bridgehead atoms. The van der Waals surface area contributed by atoms with Crippen LogP contribution in [0.5, 0.6) is 5.75 Å². The molecule has 1 amide bonds. The van der Waals surface area contributed by atoms with Crippen LogP contribution in [0.15, 0.2) is 18.2 Å². The number of amides is 1. The second-order valence-corrected chi connectivity index (χ2v) is 4.40. The van der Waals surface area contributed by atoms with Gasteiger partial charge in [-0.3, -0.25) is 4.79 Å². The summed E-state index contributed by atoms with van der Waals surface area (Å²) >= 11 is 6.05. The monoisotopic (exact) mass is 306 g/mol. The molecule has 0 saturated heterocycles. The van der Waals surface area contributed by atoms with Crippen LogP contribution in [0.1, 0.15) is 26.7 Å². The minimum absolute atomic E-state index is 0. The lowest BCUT2D eigenvalue weighted by Crippen LogP contribution is -2.34. The Kier molecular flexibility index (Phi) is 8.56. The predicted molar refractivity (Wildman–Crippen MR) is 81.4 cm³/mol. The van der Waals surface area contributed by atoms with Gasteiger partial charge in [0, 0.05) is 5.69 Å². The minimum Gasteiger partial charge on any atom is -0.492 e. The quantitative estimate of drug-likeness (QED) is 0.848. The molecule has 19 heavy (non-hydrogen) atoms. The maximum Gasteiger partial charge on any atom is 0.241 e. The summed E-state index contributed by atoms with van der Waals surface area (Å²) in [6.45, 7) is 4.50. The Hall–Kier alpha value is -0.970. The summed E-state index contributed by atoms with van der Waals surface area (Å²) in [6, 6.07) is 4.65. The van der Waals surface area contributed by atoms with E-state index in [-0.39, 0.29) is 18.3 Å². The molecular formula is C13H20Cl2N2O2. The molecule has 0 aliphatic rings. The molecule has 1 aromatic carbocycles. The Morgan fingerprint density at radius 1 is 1.47 bits per heavy atom. The highest BCUT2D eigenvalue weighted by atomic mass is 35.5. The molecule has 0 aromatic heterocycles. The molecule has 3 N–H and O–H groups in total. The molecule has 0 heterocycles. The van der Waals surface area contributed by atoms with Crippen LogP contribution in [0.2, 0.25) is 5.02 Å². The van der Waals surface area contributed by atoms with E-state index in [9.17, 15) is 4.79 Å². The first-order valence-electron chi connectivity index (χ1n) is 6.07. The lowest BCUT2D eigenvalue weighted by molar-refractivity contribution is -0.117. The van der Waals surface area contributed by atoms with Crippen LogP contribution in [0.3, 0.4) is 0 Å². The minimum atomic E-state index is -0.500. The number of ether oxygens (including phenoxy) is 1. The Bertz CT molecular complexity index is 414. The van der Waals surface area contributed by atoms with Crippen molar-refractivity contribution in [1.29, 1.82) is 0 Å². The smallest absolute Gasteiger partial charge is 0.241 e. The van der Waals surface area contributed by atoms with Crippen molar-refractivity contribution in [2.75, 3.05) is 11.9 Å². The number of anilines is 1. The molecule has 1 rings (SSSR count). The van der Waals surface area contributed by atoms with E-state index in [1.54, 1.807) is 18.2 Å². The van der Waals surface area contributed by atoms with E-state index in [4.69, 9.17) is 22.1 Å². The van der Waals surface area contributed by atoms with Crippen molar-refractivity contribution in [3.8, 4) is 5.75 Å². The third-order valence-corrected chi connectivity index (χ3v) is 2.73. The first-order chi connectivity index (χ1) is 8.58. The molecule has 1 aromatic rings. The zero-order valence-electron chi connectivity index (χ0n) is 11.1. The fraction of sp³-hybridized carbons (Fsp3) is 0.462. The van der Waals surface area contributed by atoms with Gasteiger partial charge >= 0.3 is 0 Å². The molecule has 0 unspecified atom stereocenters. The second-order valence-electron chi connectivity index (χ2n) is 4.00.